The van der Waals surface area contributed by atoms with Crippen LogP contribution >= 0.6 is 23.2 Å². The fourth-order valence-electron chi connectivity index (χ4n) is 2.28. The molecule has 0 spiro atoms. The molecule has 0 aliphatic heterocycles. The summed E-state index contributed by atoms with van der Waals surface area (Å²) in [6, 6.07) is 13.9. The molecule has 1 aromatic heterocycles. The number of anilines is 1. The van der Waals surface area contributed by atoms with Crippen LogP contribution in [0, 0.1) is 0 Å². The van der Waals surface area contributed by atoms with Crippen molar-refractivity contribution in [2.75, 3.05) is 5.32 Å². The fourth-order valence-corrected chi connectivity index (χ4v) is 3.98. The van der Waals surface area contributed by atoms with Gasteiger partial charge in [-0.2, -0.15) is 0 Å². The van der Waals surface area contributed by atoms with E-state index in [1.807, 2.05) is 0 Å². The van der Waals surface area contributed by atoms with Gasteiger partial charge >= 0.3 is 0 Å². The van der Waals surface area contributed by atoms with Crippen LogP contribution in [0.25, 0.3) is 0 Å². The SMILES string of the molecule is O=C(Nc1cccc(Cl)c1)c1ccc(Cl)c(S(=O)(=O)NCc2ccco2)c1. The van der Waals surface area contributed by atoms with Crippen LogP contribution in [0.15, 0.2) is 70.2 Å². The predicted octanol–water partition coefficient (Wildman–Crippen LogP) is 4.32. The molecule has 1 heterocycles. The van der Waals surface area contributed by atoms with E-state index in [4.69, 9.17) is 27.6 Å². The average Bonchev–Trinajstić information content (AvgIpc) is 3.14. The van der Waals surface area contributed by atoms with Crippen molar-refractivity contribution in [1.82, 2.24) is 4.72 Å². The van der Waals surface area contributed by atoms with Gasteiger partial charge in [-0.05, 0) is 48.5 Å². The van der Waals surface area contributed by atoms with Gasteiger partial charge in [0.05, 0.1) is 17.8 Å². The Morgan fingerprint density at radius 3 is 2.56 bits per heavy atom. The first-order chi connectivity index (χ1) is 12.8. The third kappa shape index (κ3) is 4.90. The summed E-state index contributed by atoms with van der Waals surface area (Å²) in [6.45, 7) is -0.0371. The molecule has 2 N–H and O–H groups in total. The van der Waals surface area contributed by atoms with Gasteiger partial charge in [0.15, 0.2) is 0 Å². The zero-order valence-corrected chi connectivity index (χ0v) is 16.1. The Morgan fingerprint density at radius 1 is 1.04 bits per heavy atom. The first kappa shape index (κ1) is 19.4. The van der Waals surface area contributed by atoms with Gasteiger partial charge in [-0.15, -0.1) is 0 Å². The largest absolute Gasteiger partial charge is 0.468 e. The third-order valence-corrected chi connectivity index (χ3v) is 5.70. The number of furan rings is 1. The lowest BCUT2D eigenvalue weighted by Crippen LogP contribution is -2.24. The van der Waals surface area contributed by atoms with Crippen LogP contribution in [0.4, 0.5) is 5.69 Å². The highest BCUT2D eigenvalue weighted by Gasteiger charge is 2.20. The molecule has 9 heteroatoms. The van der Waals surface area contributed by atoms with E-state index in [-0.39, 0.29) is 22.0 Å². The second kappa shape index (κ2) is 8.14. The minimum absolute atomic E-state index is 0.00116. The summed E-state index contributed by atoms with van der Waals surface area (Å²) >= 11 is 11.9. The molecule has 1 amide bonds. The number of hydrogen-bond acceptors (Lipinski definition) is 4. The van der Waals surface area contributed by atoms with Crippen molar-refractivity contribution >= 4 is 44.8 Å². The molecule has 3 aromatic rings. The van der Waals surface area contributed by atoms with Gasteiger partial charge < -0.3 is 9.73 Å². The smallest absolute Gasteiger partial charge is 0.255 e. The number of sulfonamides is 1. The highest BCUT2D eigenvalue weighted by Crippen LogP contribution is 2.24. The highest BCUT2D eigenvalue weighted by atomic mass is 35.5. The maximum atomic E-state index is 12.5. The molecule has 0 radical (unpaired) electrons. The summed E-state index contributed by atoms with van der Waals surface area (Å²) in [7, 11) is -3.95. The Labute approximate surface area is 166 Å². The minimum Gasteiger partial charge on any atom is -0.468 e. The maximum absolute atomic E-state index is 12.5. The van der Waals surface area contributed by atoms with Gasteiger partial charge in [0, 0.05) is 16.3 Å². The summed E-state index contributed by atoms with van der Waals surface area (Å²) in [4.78, 5) is 12.2. The molecule has 6 nitrogen and oxygen atoms in total. The van der Waals surface area contributed by atoms with Gasteiger partial charge in [0.25, 0.3) is 5.91 Å². The van der Waals surface area contributed by atoms with Crippen molar-refractivity contribution in [3.63, 3.8) is 0 Å². The van der Waals surface area contributed by atoms with Gasteiger partial charge in [0.1, 0.15) is 10.7 Å². The van der Waals surface area contributed by atoms with Crippen molar-refractivity contribution in [3.05, 3.63) is 82.2 Å². The molecule has 27 heavy (non-hydrogen) atoms. The minimum atomic E-state index is -3.95. The average molecular weight is 425 g/mol. The molecule has 0 aliphatic rings. The lowest BCUT2D eigenvalue weighted by molar-refractivity contribution is 0.102. The van der Waals surface area contributed by atoms with E-state index >= 15 is 0 Å². The van der Waals surface area contributed by atoms with Crippen LogP contribution < -0.4 is 10.0 Å². The number of carbonyl (C=O) groups excluding carboxylic acids is 1. The topological polar surface area (TPSA) is 88.4 Å². The van der Waals surface area contributed by atoms with Crippen LogP contribution in [0.3, 0.4) is 0 Å². The summed E-state index contributed by atoms with van der Waals surface area (Å²) in [6.07, 6.45) is 1.44. The number of benzene rings is 2. The lowest BCUT2D eigenvalue weighted by Gasteiger charge is -2.10. The van der Waals surface area contributed by atoms with E-state index in [1.54, 1.807) is 36.4 Å². The fraction of sp³-hybridized carbons (Fsp3) is 0.0556. The Balaban J connectivity index is 1.81. The number of carbonyl (C=O) groups is 1. The van der Waals surface area contributed by atoms with E-state index in [0.717, 1.165) is 0 Å². The Hall–Kier alpha value is -2.32. The van der Waals surface area contributed by atoms with Crippen molar-refractivity contribution in [2.24, 2.45) is 0 Å². The first-order valence-corrected chi connectivity index (χ1v) is 9.97. The summed E-state index contributed by atoms with van der Waals surface area (Å²) in [5.74, 6) is -0.0408. The molecule has 0 saturated carbocycles. The Bertz CT molecular complexity index is 1070. The molecule has 0 unspecified atom stereocenters. The number of amides is 1. The molecule has 0 saturated heterocycles. The second-order valence-electron chi connectivity index (χ2n) is 5.51. The zero-order chi connectivity index (χ0) is 19.4. The number of rotatable bonds is 6. The van der Waals surface area contributed by atoms with Crippen molar-refractivity contribution in [3.8, 4) is 0 Å². The summed E-state index contributed by atoms with van der Waals surface area (Å²) < 4.78 is 32.6. The summed E-state index contributed by atoms with van der Waals surface area (Å²) in [5.41, 5.74) is 0.626. The van der Waals surface area contributed by atoms with Crippen LogP contribution in [0.1, 0.15) is 16.1 Å². The van der Waals surface area contributed by atoms with Gasteiger partial charge in [0.2, 0.25) is 10.0 Å². The standard InChI is InChI=1S/C18H14Cl2N2O4S/c19-13-3-1-4-14(10-13)22-18(23)12-6-7-16(20)17(9-12)27(24,25)21-11-15-5-2-8-26-15/h1-10,21H,11H2,(H,22,23). The number of hydrogen-bond donors (Lipinski definition) is 2. The van der Waals surface area contributed by atoms with Crippen LogP contribution in [0.2, 0.25) is 10.0 Å². The number of nitrogens with one attached hydrogen (secondary N) is 2. The second-order valence-corrected chi connectivity index (χ2v) is 8.09. The molecule has 140 valence electrons. The van der Waals surface area contributed by atoms with Crippen molar-refractivity contribution in [1.29, 1.82) is 0 Å². The molecule has 0 bridgehead atoms. The van der Waals surface area contributed by atoms with E-state index in [1.165, 1.54) is 24.5 Å². The zero-order valence-electron chi connectivity index (χ0n) is 13.8. The monoisotopic (exact) mass is 424 g/mol. The number of halogens is 2. The predicted molar refractivity (Wildman–Crippen MR) is 104 cm³/mol. The maximum Gasteiger partial charge on any atom is 0.255 e. The van der Waals surface area contributed by atoms with Crippen LogP contribution in [0.5, 0.6) is 0 Å². The first-order valence-electron chi connectivity index (χ1n) is 7.74. The van der Waals surface area contributed by atoms with Crippen molar-refractivity contribution < 1.29 is 17.6 Å². The Morgan fingerprint density at radius 2 is 1.85 bits per heavy atom. The Kier molecular flexibility index (Phi) is 5.86. The quantitative estimate of drug-likeness (QED) is 0.616. The van der Waals surface area contributed by atoms with Crippen molar-refractivity contribution in [2.45, 2.75) is 11.4 Å². The van der Waals surface area contributed by atoms with Gasteiger partial charge in [-0.3, -0.25) is 4.79 Å². The van der Waals surface area contributed by atoms with E-state index in [2.05, 4.69) is 10.0 Å². The highest BCUT2D eigenvalue weighted by molar-refractivity contribution is 7.89. The van der Waals surface area contributed by atoms with Crippen LogP contribution in [-0.2, 0) is 16.6 Å². The van der Waals surface area contributed by atoms with E-state index in [0.29, 0.717) is 16.5 Å². The lowest BCUT2D eigenvalue weighted by atomic mass is 10.2. The molecule has 0 aliphatic carbocycles. The third-order valence-electron chi connectivity index (χ3n) is 3.58. The molecule has 3 rings (SSSR count). The van der Waals surface area contributed by atoms with E-state index < -0.39 is 15.9 Å². The van der Waals surface area contributed by atoms with Crippen LogP contribution in [-0.4, -0.2) is 14.3 Å². The van der Waals surface area contributed by atoms with E-state index in [9.17, 15) is 13.2 Å². The van der Waals surface area contributed by atoms with Gasteiger partial charge in [-0.1, -0.05) is 29.3 Å². The molecule has 2 aromatic carbocycles. The molecule has 0 fully saturated rings. The molecular formula is C18H14Cl2N2O4S. The van der Waals surface area contributed by atoms with Gasteiger partial charge in [-0.25, -0.2) is 13.1 Å². The summed E-state index contributed by atoms with van der Waals surface area (Å²) in [5, 5.41) is 3.12. The normalized spacial score (nSPS) is 11.3. The molecule has 0 atom stereocenters. The molecular weight excluding hydrogens is 411 g/mol.